The SMILES string of the molecule is Cc1ccc(NC(=O)c2cnc(N(C)c3ccccc3)cn2)cc1Br. The van der Waals surface area contributed by atoms with Gasteiger partial charge in [-0.15, -0.1) is 0 Å². The van der Waals surface area contributed by atoms with Crippen molar-refractivity contribution in [1.29, 1.82) is 0 Å². The van der Waals surface area contributed by atoms with E-state index in [0.29, 0.717) is 11.5 Å². The molecule has 1 aromatic heterocycles. The van der Waals surface area contributed by atoms with E-state index < -0.39 is 0 Å². The van der Waals surface area contributed by atoms with Gasteiger partial charge in [0, 0.05) is 22.9 Å². The Labute approximate surface area is 154 Å². The third-order valence-corrected chi connectivity index (χ3v) is 4.64. The average molecular weight is 397 g/mol. The first-order valence-corrected chi connectivity index (χ1v) is 8.52. The van der Waals surface area contributed by atoms with Crippen LogP contribution in [0.15, 0.2) is 65.4 Å². The number of rotatable bonds is 4. The number of benzene rings is 2. The van der Waals surface area contributed by atoms with E-state index in [1.54, 1.807) is 6.20 Å². The van der Waals surface area contributed by atoms with E-state index in [-0.39, 0.29) is 11.6 Å². The minimum atomic E-state index is -0.294. The zero-order valence-electron chi connectivity index (χ0n) is 13.9. The molecule has 3 aromatic rings. The molecule has 0 aliphatic heterocycles. The molecule has 0 radical (unpaired) electrons. The highest BCUT2D eigenvalue weighted by Gasteiger charge is 2.11. The summed E-state index contributed by atoms with van der Waals surface area (Å²) >= 11 is 3.46. The molecule has 0 saturated heterocycles. The van der Waals surface area contributed by atoms with Crippen molar-refractivity contribution in [2.75, 3.05) is 17.3 Å². The highest BCUT2D eigenvalue weighted by Crippen LogP contribution is 2.22. The number of amides is 1. The molecule has 0 unspecified atom stereocenters. The molecule has 0 spiro atoms. The van der Waals surface area contributed by atoms with Crippen molar-refractivity contribution in [2.45, 2.75) is 6.92 Å². The second kappa shape index (κ2) is 7.44. The van der Waals surface area contributed by atoms with Gasteiger partial charge in [0.2, 0.25) is 0 Å². The number of aromatic nitrogens is 2. The van der Waals surface area contributed by atoms with Crippen LogP contribution in [0, 0.1) is 6.92 Å². The third kappa shape index (κ3) is 4.03. The summed E-state index contributed by atoms with van der Waals surface area (Å²) in [7, 11) is 1.91. The Morgan fingerprint density at radius 3 is 2.48 bits per heavy atom. The molecule has 0 fully saturated rings. The number of hydrogen-bond acceptors (Lipinski definition) is 4. The lowest BCUT2D eigenvalue weighted by atomic mass is 10.2. The first kappa shape index (κ1) is 17.1. The lowest BCUT2D eigenvalue weighted by Crippen LogP contribution is -2.16. The van der Waals surface area contributed by atoms with Crippen LogP contribution in [0.5, 0.6) is 0 Å². The molecular weight excluding hydrogens is 380 g/mol. The van der Waals surface area contributed by atoms with E-state index in [9.17, 15) is 4.79 Å². The molecule has 6 heteroatoms. The maximum absolute atomic E-state index is 12.3. The van der Waals surface area contributed by atoms with E-state index >= 15 is 0 Å². The molecule has 25 heavy (non-hydrogen) atoms. The van der Waals surface area contributed by atoms with Gasteiger partial charge in [0.15, 0.2) is 5.82 Å². The van der Waals surface area contributed by atoms with Crippen molar-refractivity contribution in [3.8, 4) is 0 Å². The normalized spacial score (nSPS) is 10.4. The molecule has 2 aromatic carbocycles. The summed E-state index contributed by atoms with van der Waals surface area (Å²) in [6.45, 7) is 1.99. The minimum absolute atomic E-state index is 0.266. The molecule has 1 amide bonds. The van der Waals surface area contributed by atoms with Crippen LogP contribution in [0.4, 0.5) is 17.2 Å². The highest BCUT2D eigenvalue weighted by atomic mass is 79.9. The second-order valence-corrected chi connectivity index (χ2v) is 6.43. The number of hydrogen-bond donors (Lipinski definition) is 1. The van der Waals surface area contributed by atoms with Crippen LogP contribution in [0.25, 0.3) is 0 Å². The van der Waals surface area contributed by atoms with Crippen LogP contribution >= 0.6 is 15.9 Å². The van der Waals surface area contributed by atoms with E-state index in [4.69, 9.17) is 0 Å². The van der Waals surface area contributed by atoms with Crippen molar-refractivity contribution in [1.82, 2.24) is 9.97 Å². The predicted octanol–water partition coefficient (Wildman–Crippen LogP) is 4.57. The molecule has 3 rings (SSSR count). The quantitative estimate of drug-likeness (QED) is 0.701. The summed E-state index contributed by atoms with van der Waals surface area (Å²) in [5.41, 5.74) is 3.07. The molecule has 126 valence electrons. The highest BCUT2D eigenvalue weighted by molar-refractivity contribution is 9.10. The molecule has 1 N–H and O–H groups in total. The Morgan fingerprint density at radius 2 is 1.84 bits per heavy atom. The average Bonchev–Trinajstić information content (AvgIpc) is 2.65. The summed E-state index contributed by atoms with van der Waals surface area (Å²) in [5.74, 6) is 0.373. The first-order chi connectivity index (χ1) is 12.0. The van der Waals surface area contributed by atoms with E-state index in [0.717, 1.165) is 15.7 Å². The molecule has 0 aliphatic rings. The number of nitrogens with one attached hydrogen (secondary N) is 1. The number of nitrogens with zero attached hydrogens (tertiary/aromatic N) is 3. The maximum atomic E-state index is 12.3. The molecular formula is C19H17BrN4O. The van der Waals surface area contributed by atoms with Gasteiger partial charge in [-0.2, -0.15) is 0 Å². The summed E-state index contributed by atoms with van der Waals surface area (Å²) in [4.78, 5) is 22.8. The fourth-order valence-corrected chi connectivity index (χ4v) is 2.64. The van der Waals surface area contributed by atoms with E-state index in [2.05, 4.69) is 31.2 Å². The summed E-state index contributed by atoms with van der Waals surface area (Å²) in [5, 5.41) is 2.82. The molecule has 0 bridgehead atoms. The van der Waals surface area contributed by atoms with Gasteiger partial charge < -0.3 is 10.2 Å². The van der Waals surface area contributed by atoms with Crippen LogP contribution in [-0.4, -0.2) is 22.9 Å². The topological polar surface area (TPSA) is 58.1 Å². The zero-order chi connectivity index (χ0) is 17.8. The van der Waals surface area contributed by atoms with Gasteiger partial charge in [0.1, 0.15) is 5.69 Å². The van der Waals surface area contributed by atoms with E-state index in [1.807, 2.05) is 67.4 Å². The van der Waals surface area contributed by atoms with Gasteiger partial charge in [-0.3, -0.25) is 4.79 Å². The van der Waals surface area contributed by atoms with Crippen molar-refractivity contribution in [3.05, 3.63) is 76.7 Å². The lowest BCUT2D eigenvalue weighted by molar-refractivity contribution is 0.102. The first-order valence-electron chi connectivity index (χ1n) is 7.73. The van der Waals surface area contributed by atoms with Gasteiger partial charge in [-0.1, -0.05) is 40.2 Å². The molecule has 5 nitrogen and oxygen atoms in total. The Morgan fingerprint density at radius 1 is 1.08 bits per heavy atom. The number of anilines is 3. The fraction of sp³-hybridized carbons (Fsp3) is 0.105. The maximum Gasteiger partial charge on any atom is 0.275 e. The minimum Gasteiger partial charge on any atom is -0.328 e. The number of carbonyl (C=O) groups is 1. The Balaban J connectivity index is 1.73. The van der Waals surface area contributed by atoms with Crippen LogP contribution in [0.3, 0.4) is 0 Å². The largest absolute Gasteiger partial charge is 0.328 e. The Bertz CT molecular complexity index is 882. The Hall–Kier alpha value is -2.73. The van der Waals surface area contributed by atoms with Crippen LogP contribution in [0.2, 0.25) is 0 Å². The molecule has 0 saturated carbocycles. The summed E-state index contributed by atoms with van der Waals surface area (Å²) < 4.78 is 0.941. The van der Waals surface area contributed by atoms with Gasteiger partial charge >= 0.3 is 0 Å². The van der Waals surface area contributed by atoms with Gasteiger partial charge in [-0.25, -0.2) is 9.97 Å². The van der Waals surface area contributed by atoms with Crippen LogP contribution in [-0.2, 0) is 0 Å². The van der Waals surface area contributed by atoms with Crippen molar-refractivity contribution >= 4 is 39.0 Å². The lowest BCUT2D eigenvalue weighted by Gasteiger charge is -2.17. The zero-order valence-corrected chi connectivity index (χ0v) is 15.5. The van der Waals surface area contributed by atoms with Crippen LogP contribution in [0.1, 0.15) is 16.1 Å². The smallest absolute Gasteiger partial charge is 0.275 e. The standard InChI is InChI=1S/C19H17BrN4O/c1-13-8-9-14(10-16(13)20)23-19(25)17-11-22-18(12-21-17)24(2)15-6-4-3-5-7-15/h3-12H,1-2H3,(H,23,25). The summed E-state index contributed by atoms with van der Waals surface area (Å²) in [6.07, 6.45) is 3.07. The number of halogens is 1. The van der Waals surface area contributed by atoms with Crippen molar-refractivity contribution in [2.24, 2.45) is 0 Å². The van der Waals surface area contributed by atoms with E-state index in [1.165, 1.54) is 6.20 Å². The molecule has 1 heterocycles. The van der Waals surface area contributed by atoms with Gasteiger partial charge in [0.05, 0.1) is 12.4 Å². The monoisotopic (exact) mass is 396 g/mol. The van der Waals surface area contributed by atoms with Gasteiger partial charge in [0.25, 0.3) is 5.91 Å². The van der Waals surface area contributed by atoms with Crippen molar-refractivity contribution in [3.63, 3.8) is 0 Å². The van der Waals surface area contributed by atoms with Crippen molar-refractivity contribution < 1.29 is 4.79 Å². The number of para-hydroxylation sites is 1. The number of carbonyl (C=O) groups excluding carboxylic acids is 1. The Kier molecular flexibility index (Phi) is 5.09. The van der Waals surface area contributed by atoms with Gasteiger partial charge in [-0.05, 0) is 36.8 Å². The van der Waals surface area contributed by atoms with Crippen LogP contribution < -0.4 is 10.2 Å². The predicted molar refractivity (Wildman–Crippen MR) is 103 cm³/mol. The third-order valence-electron chi connectivity index (χ3n) is 3.79. The second-order valence-electron chi connectivity index (χ2n) is 5.57. The number of aryl methyl sites for hydroxylation is 1. The molecule has 0 atom stereocenters. The summed E-state index contributed by atoms with van der Waals surface area (Å²) in [6, 6.07) is 15.5. The molecule has 0 aliphatic carbocycles. The fourth-order valence-electron chi connectivity index (χ4n) is 2.26.